The van der Waals surface area contributed by atoms with Gasteiger partial charge in [0.1, 0.15) is 19.8 Å². The van der Waals surface area contributed by atoms with Crippen LogP contribution in [0.3, 0.4) is 0 Å². The molecule has 172 valence electrons. The second kappa shape index (κ2) is 12.7. The van der Waals surface area contributed by atoms with E-state index >= 15 is 0 Å². The molecule has 0 amide bonds. The summed E-state index contributed by atoms with van der Waals surface area (Å²) in [6.07, 6.45) is 3.63. The van der Waals surface area contributed by atoms with Crippen molar-refractivity contribution in [1.29, 1.82) is 0 Å². The molecule has 0 atom stereocenters. The molecule has 2 aromatic carbocycles. The number of aromatic nitrogens is 1. The minimum absolute atomic E-state index is 0. The molecule has 2 heterocycles. The lowest BCUT2D eigenvalue weighted by atomic mass is 10.2. The predicted octanol–water partition coefficient (Wildman–Crippen LogP) is 5.34. The monoisotopic (exact) mass is 542 g/mol. The summed E-state index contributed by atoms with van der Waals surface area (Å²) in [6.45, 7) is 2.98. The molecule has 1 aliphatic heterocycles. The lowest BCUT2D eigenvalue weighted by Crippen LogP contribution is -2.15. The maximum Gasteiger partial charge on any atom is 0.175 e. The first kappa shape index (κ1) is 26.1. The number of halogens is 3. The van der Waals surface area contributed by atoms with Crippen LogP contribution in [-0.2, 0) is 19.7 Å². The summed E-state index contributed by atoms with van der Waals surface area (Å²) in [7, 11) is 1.64. The molecule has 0 bridgehead atoms. The molecule has 0 saturated heterocycles. The number of rotatable bonds is 8. The molecule has 1 aromatic heterocycles. The number of ether oxygens (including phenoxy) is 4. The van der Waals surface area contributed by atoms with Gasteiger partial charge < -0.3 is 24.3 Å². The Balaban J connectivity index is 0.00000181. The standard InChI is InChI=1S/C23H23BrN2O4.2ClH/c1-27-22-11-18(14-26-13-17-3-2-6-25-12-17)9-19(24)23(22)30-15-16-4-5-20-21(10-16)29-8-7-28-20;;/h2-6,9-12,26H,7-8,13-15H2,1H3;2*1H. The fourth-order valence-corrected chi connectivity index (χ4v) is 3.81. The summed E-state index contributed by atoms with van der Waals surface area (Å²) >= 11 is 3.62. The minimum atomic E-state index is 0. The van der Waals surface area contributed by atoms with Crippen LogP contribution in [0.15, 0.2) is 59.3 Å². The number of hydrogen-bond acceptors (Lipinski definition) is 6. The summed E-state index contributed by atoms with van der Waals surface area (Å²) in [5.41, 5.74) is 3.23. The third-order valence-electron chi connectivity index (χ3n) is 4.66. The van der Waals surface area contributed by atoms with Crippen molar-refractivity contribution in [3.8, 4) is 23.0 Å². The summed E-state index contributed by atoms with van der Waals surface area (Å²) in [4.78, 5) is 4.13. The van der Waals surface area contributed by atoms with Gasteiger partial charge in [-0.3, -0.25) is 4.98 Å². The summed E-state index contributed by atoms with van der Waals surface area (Å²) in [6, 6.07) is 13.8. The van der Waals surface area contributed by atoms with Gasteiger partial charge in [-0.05, 0) is 63.0 Å². The number of methoxy groups -OCH3 is 1. The molecule has 0 saturated carbocycles. The van der Waals surface area contributed by atoms with Gasteiger partial charge in [-0.1, -0.05) is 12.1 Å². The van der Waals surface area contributed by atoms with E-state index in [9.17, 15) is 0 Å². The highest BCUT2D eigenvalue weighted by atomic mass is 79.9. The fraction of sp³-hybridized carbons (Fsp3) is 0.261. The molecule has 9 heteroatoms. The number of hydrogen-bond donors (Lipinski definition) is 1. The van der Waals surface area contributed by atoms with E-state index in [2.05, 4.69) is 26.2 Å². The normalized spacial score (nSPS) is 11.7. The third kappa shape index (κ3) is 6.65. The average molecular weight is 544 g/mol. The molecule has 6 nitrogen and oxygen atoms in total. The summed E-state index contributed by atoms with van der Waals surface area (Å²) < 4.78 is 23.7. The van der Waals surface area contributed by atoms with E-state index in [1.165, 1.54) is 0 Å². The van der Waals surface area contributed by atoms with E-state index in [1.807, 2.05) is 48.7 Å². The van der Waals surface area contributed by atoms with Crippen LogP contribution >= 0.6 is 40.7 Å². The highest BCUT2D eigenvalue weighted by Crippen LogP contribution is 2.38. The van der Waals surface area contributed by atoms with E-state index in [0.29, 0.717) is 37.9 Å². The van der Waals surface area contributed by atoms with E-state index in [0.717, 1.165) is 39.2 Å². The highest BCUT2D eigenvalue weighted by molar-refractivity contribution is 9.10. The molecule has 0 unspecified atom stereocenters. The number of benzene rings is 2. The van der Waals surface area contributed by atoms with Crippen LogP contribution in [0, 0.1) is 0 Å². The molecule has 4 rings (SSSR count). The highest BCUT2D eigenvalue weighted by Gasteiger charge is 2.15. The Morgan fingerprint density at radius 3 is 2.50 bits per heavy atom. The van der Waals surface area contributed by atoms with Gasteiger partial charge in [0.05, 0.1) is 11.6 Å². The van der Waals surface area contributed by atoms with Gasteiger partial charge in [-0.2, -0.15) is 0 Å². The first-order valence-electron chi connectivity index (χ1n) is 9.70. The van der Waals surface area contributed by atoms with Gasteiger partial charge in [0, 0.05) is 25.5 Å². The van der Waals surface area contributed by atoms with Crippen LogP contribution in [-0.4, -0.2) is 25.3 Å². The quantitative estimate of drug-likeness (QED) is 0.414. The lowest BCUT2D eigenvalue weighted by molar-refractivity contribution is 0.171. The van der Waals surface area contributed by atoms with Crippen LogP contribution < -0.4 is 24.3 Å². The maximum atomic E-state index is 6.07. The van der Waals surface area contributed by atoms with Crippen LogP contribution in [0.4, 0.5) is 0 Å². The molecule has 3 aromatic rings. The Morgan fingerprint density at radius 1 is 0.969 bits per heavy atom. The van der Waals surface area contributed by atoms with Gasteiger partial charge in [-0.15, -0.1) is 24.8 Å². The third-order valence-corrected chi connectivity index (χ3v) is 5.25. The van der Waals surface area contributed by atoms with Crippen molar-refractivity contribution in [1.82, 2.24) is 10.3 Å². The van der Waals surface area contributed by atoms with E-state index < -0.39 is 0 Å². The Bertz CT molecular complexity index is 1010. The van der Waals surface area contributed by atoms with Gasteiger partial charge in [0.15, 0.2) is 23.0 Å². The molecule has 1 aliphatic rings. The number of nitrogens with one attached hydrogen (secondary N) is 1. The first-order valence-corrected chi connectivity index (χ1v) is 10.5. The Labute approximate surface area is 208 Å². The molecule has 1 N–H and O–H groups in total. The zero-order valence-electron chi connectivity index (χ0n) is 17.5. The van der Waals surface area contributed by atoms with Crippen molar-refractivity contribution in [3.63, 3.8) is 0 Å². The van der Waals surface area contributed by atoms with E-state index in [4.69, 9.17) is 18.9 Å². The molecule has 32 heavy (non-hydrogen) atoms. The maximum absolute atomic E-state index is 6.07. The number of fused-ring (bicyclic) bond motifs is 1. The summed E-state index contributed by atoms with van der Waals surface area (Å²) in [5.74, 6) is 2.87. The molecular formula is C23H25BrCl2N2O4. The largest absolute Gasteiger partial charge is 0.493 e. The van der Waals surface area contributed by atoms with Gasteiger partial charge in [-0.25, -0.2) is 0 Å². The molecular weight excluding hydrogens is 519 g/mol. The number of nitrogens with zero attached hydrogens (tertiary/aromatic N) is 1. The smallest absolute Gasteiger partial charge is 0.175 e. The van der Waals surface area contributed by atoms with Crippen molar-refractivity contribution >= 4 is 40.7 Å². The van der Waals surface area contributed by atoms with E-state index in [-0.39, 0.29) is 24.8 Å². The first-order chi connectivity index (χ1) is 14.7. The topological polar surface area (TPSA) is 61.8 Å². The second-order valence-electron chi connectivity index (χ2n) is 6.84. The second-order valence-corrected chi connectivity index (χ2v) is 7.69. The van der Waals surface area contributed by atoms with Crippen LogP contribution in [0.25, 0.3) is 0 Å². The molecule has 0 aliphatic carbocycles. The SMILES string of the molecule is COc1cc(CNCc2cccnc2)cc(Br)c1OCc1ccc2c(c1)OCCO2.Cl.Cl. The number of pyridine rings is 1. The zero-order valence-corrected chi connectivity index (χ0v) is 20.7. The van der Waals surface area contributed by atoms with Crippen molar-refractivity contribution < 1.29 is 18.9 Å². The summed E-state index contributed by atoms with van der Waals surface area (Å²) in [5, 5.41) is 3.42. The van der Waals surface area contributed by atoms with Crippen LogP contribution in [0.2, 0.25) is 0 Å². The zero-order chi connectivity index (χ0) is 20.8. The molecule has 0 fully saturated rings. The Morgan fingerprint density at radius 2 is 1.75 bits per heavy atom. The van der Waals surface area contributed by atoms with Crippen LogP contribution in [0.5, 0.6) is 23.0 Å². The average Bonchev–Trinajstić information content (AvgIpc) is 2.78. The van der Waals surface area contributed by atoms with Crippen molar-refractivity contribution in [2.24, 2.45) is 0 Å². The van der Waals surface area contributed by atoms with Crippen molar-refractivity contribution in [2.45, 2.75) is 19.7 Å². The predicted molar refractivity (Wildman–Crippen MR) is 132 cm³/mol. The van der Waals surface area contributed by atoms with Crippen LogP contribution in [0.1, 0.15) is 16.7 Å². The molecule has 0 spiro atoms. The Kier molecular flexibility index (Phi) is 10.4. The minimum Gasteiger partial charge on any atom is -0.493 e. The van der Waals surface area contributed by atoms with Crippen molar-refractivity contribution in [3.05, 3.63) is 76.0 Å². The molecule has 0 radical (unpaired) electrons. The van der Waals surface area contributed by atoms with Gasteiger partial charge >= 0.3 is 0 Å². The van der Waals surface area contributed by atoms with E-state index in [1.54, 1.807) is 13.3 Å². The lowest BCUT2D eigenvalue weighted by Gasteiger charge is -2.19. The van der Waals surface area contributed by atoms with Gasteiger partial charge in [0.25, 0.3) is 0 Å². The van der Waals surface area contributed by atoms with Crippen molar-refractivity contribution in [2.75, 3.05) is 20.3 Å². The fourth-order valence-electron chi connectivity index (χ4n) is 3.20. The Hall–Kier alpha value is -2.19. The van der Waals surface area contributed by atoms with Gasteiger partial charge in [0.2, 0.25) is 0 Å².